The molecule has 2 amide bonds. The molecule has 1 atom stereocenters. The predicted octanol–water partition coefficient (Wildman–Crippen LogP) is 1.90. The lowest BCUT2D eigenvalue weighted by molar-refractivity contribution is -0.138. The fraction of sp³-hybridized carbons (Fsp3) is 0.333. The van der Waals surface area contributed by atoms with Gasteiger partial charge in [-0.2, -0.15) is 0 Å². The number of rotatable bonds is 3. The van der Waals surface area contributed by atoms with Crippen LogP contribution in [0.5, 0.6) is 0 Å². The summed E-state index contributed by atoms with van der Waals surface area (Å²) in [5.74, 6) is -0.320. The fourth-order valence-electron chi connectivity index (χ4n) is 1.89. The van der Waals surface area contributed by atoms with Gasteiger partial charge in [-0.15, -0.1) is 0 Å². The van der Waals surface area contributed by atoms with Gasteiger partial charge in [-0.05, 0) is 19.1 Å². The van der Waals surface area contributed by atoms with Crippen LogP contribution in [-0.4, -0.2) is 29.3 Å². The van der Waals surface area contributed by atoms with E-state index >= 15 is 0 Å². The molecule has 0 saturated carbocycles. The normalized spacial score (nSPS) is 19.9. The highest BCUT2D eigenvalue weighted by molar-refractivity contribution is 6.33. The van der Waals surface area contributed by atoms with Gasteiger partial charge in [-0.25, -0.2) is 0 Å². The molecule has 1 heterocycles. The molecule has 0 aromatic heterocycles. The smallest absolute Gasteiger partial charge is 0.252 e. The third-order valence-electron chi connectivity index (χ3n) is 2.76. The largest absolute Gasteiger partial charge is 0.372 e. The maximum absolute atomic E-state index is 11.9. The van der Waals surface area contributed by atoms with E-state index in [1.807, 2.05) is 12.1 Å². The number of likely N-dealkylation sites (N-methyl/N-ethyl adjacent to an activating group) is 1. The molecule has 0 bridgehead atoms. The zero-order valence-corrected chi connectivity index (χ0v) is 10.2. The topological polar surface area (TPSA) is 49.4 Å². The molecule has 1 saturated heterocycles. The van der Waals surface area contributed by atoms with E-state index in [2.05, 4.69) is 5.32 Å². The van der Waals surface area contributed by atoms with Gasteiger partial charge in [0.15, 0.2) is 0 Å². The maximum atomic E-state index is 11.9. The van der Waals surface area contributed by atoms with E-state index in [0.29, 0.717) is 17.3 Å². The summed E-state index contributed by atoms with van der Waals surface area (Å²) in [7, 11) is 0. The number of hydrogen-bond acceptors (Lipinski definition) is 3. The van der Waals surface area contributed by atoms with Crippen molar-refractivity contribution >= 4 is 29.1 Å². The number of nitrogens with one attached hydrogen (secondary N) is 1. The van der Waals surface area contributed by atoms with Gasteiger partial charge in [-0.3, -0.25) is 14.5 Å². The van der Waals surface area contributed by atoms with Crippen LogP contribution in [0, 0.1) is 0 Å². The Hall–Kier alpha value is -1.55. The Bertz CT molecular complexity index is 462. The molecule has 1 aliphatic rings. The second kappa shape index (κ2) is 4.75. The van der Waals surface area contributed by atoms with E-state index in [1.165, 1.54) is 4.90 Å². The van der Waals surface area contributed by atoms with Gasteiger partial charge in [0.1, 0.15) is 6.04 Å². The van der Waals surface area contributed by atoms with Crippen molar-refractivity contribution < 1.29 is 9.59 Å². The van der Waals surface area contributed by atoms with Crippen molar-refractivity contribution in [3.05, 3.63) is 29.3 Å². The molecule has 1 aliphatic heterocycles. The number of anilines is 1. The van der Waals surface area contributed by atoms with Crippen molar-refractivity contribution in [2.24, 2.45) is 0 Å². The molecule has 2 rings (SSSR count). The highest BCUT2D eigenvalue weighted by atomic mass is 35.5. The van der Waals surface area contributed by atoms with Crippen molar-refractivity contribution in [3.8, 4) is 0 Å². The monoisotopic (exact) mass is 252 g/mol. The molecular formula is C12H13ClN2O2. The summed E-state index contributed by atoms with van der Waals surface area (Å²) < 4.78 is 0. The van der Waals surface area contributed by atoms with Gasteiger partial charge in [0.05, 0.1) is 17.1 Å². The Morgan fingerprint density at radius 3 is 2.71 bits per heavy atom. The van der Waals surface area contributed by atoms with Gasteiger partial charge < -0.3 is 5.32 Å². The van der Waals surface area contributed by atoms with E-state index in [-0.39, 0.29) is 18.2 Å². The molecule has 1 aromatic carbocycles. The Kier molecular flexibility index (Phi) is 3.33. The van der Waals surface area contributed by atoms with Crippen molar-refractivity contribution in [1.82, 2.24) is 4.90 Å². The number of likely N-dealkylation sites (tertiary alicyclic amines) is 1. The zero-order chi connectivity index (χ0) is 12.4. The van der Waals surface area contributed by atoms with Crippen LogP contribution in [0.15, 0.2) is 24.3 Å². The second-order valence-corrected chi connectivity index (χ2v) is 4.26. The number of halogens is 1. The zero-order valence-electron chi connectivity index (χ0n) is 9.44. The standard InChI is InChI=1S/C12H13ClN2O2/c1-2-15-11(16)7-10(12(15)17)14-9-6-4-3-5-8(9)13/h3-6,10,14H,2,7H2,1H3. The summed E-state index contributed by atoms with van der Waals surface area (Å²) in [6.45, 7) is 2.20. The van der Waals surface area contributed by atoms with Crippen molar-refractivity contribution in [2.75, 3.05) is 11.9 Å². The van der Waals surface area contributed by atoms with E-state index in [9.17, 15) is 9.59 Å². The van der Waals surface area contributed by atoms with E-state index in [1.54, 1.807) is 19.1 Å². The molecule has 0 spiro atoms. The number of amides is 2. The van der Waals surface area contributed by atoms with E-state index in [0.717, 1.165) is 0 Å². The number of para-hydroxylation sites is 1. The van der Waals surface area contributed by atoms with Crippen molar-refractivity contribution in [2.45, 2.75) is 19.4 Å². The number of benzene rings is 1. The highest BCUT2D eigenvalue weighted by Gasteiger charge is 2.37. The van der Waals surface area contributed by atoms with Gasteiger partial charge in [0, 0.05) is 6.54 Å². The van der Waals surface area contributed by atoms with Crippen LogP contribution < -0.4 is 5.32 Å². The Balaban J connectivity index is 2.14. The minimum absolute atomic E-state index is 0.137. The van der Waals surface area contributed by atoms with Gasteiger partial charge in [0.2, 0.25) is 5.91 Å². The van der Waals surface area contributed by atoms with Gasteiger partial charge >= 0.3 is 0 Å². The second-order valence-electron chi connectivity index (χ2n) is 3.86. The first-order valence-electron chi connectivity index (χ1n) is 5.48. The van der Waals surface area contributed by atoms with Crippen molar-refractivity contribution in [3.63, 3.8) is 0 Å². The third kappa shape index (κ3) is 2.26. The van der Waals surface area contributed by atoms with Crippen LogP contribution in [0.2, 0.25) is 5.02 Å². The summed E-state index contributed by atoms with van der Waals surface area (Å²) in [5.41, 5.74) is 0.679. The maximum Gasteiger partial charge on any atom is 0.252 e. The molecule has 90 valence electrons. The molecule has 0 radical (unpaired) electrons. The average Bonchev–Trinajstić information content (AvgIpc) is 2.57. The molecule has 0 aliphatic carbocycles. The number of hydrogen-bond donors (Lipinski definition) is 1. The van der Waals surface area contributed by atoms with E-state index in [4.69, 9.17) is 11.6 Å². The SMILES string of the molecule is CCN1C(=O)CC(Nc2ccccc2Cl)C1=O. The Morgan fingerprint density at radius 1 is 1.41 bits per heavy atom. The van der Waals surface area contributed by atoms with Crippen LogP contribution in [0.4, 0.5) is 5.69 Å². The molecule has 1 fully saturated rings. The van der Waals surface area contributed by atoms with Crippen LogP contribution in [0.1, 0.15) is 13.3 Å². The first kappa shape index (κ1) is 11.9. The number of carbonyl (C=O) groups excluding carboxylic acids is 2. The molecule has 1 unspecified atom stereocenters. The molecule has 5 heteroatoms. The summed E-state index contributed by atoms with van der Waals surface area (Å²) in [4.78, 5) is 24.7. The van der Waals surface area contributed by atoms with Crippen molar-refractivity contribution in [1.29, 1.82) is 0 Å². The summed E-state index contributed by atoms with van der Waals surface area (Å²) in [6.07, 6.45) is 0.192. The van der Waals surface area contributed by atoms with E-state index < -0.39 is 6.04 Å². The number of nitrogens with zero attached hydrogens (tertiary/aromatic N) is 1. The molecule has 17 heavy (non-hydrogen) atoms. The Labute approximate surface area is 105 Å². The molecule has 4 nitrogen and oxygen atoms in total. The first-order chi connectivity index (χ1) is 8.13. The van der Waals surface area contributed by atoms with Crippen LogP contribution in [0.3, 0.4) is 0 Å². The molecular weight excluding hydrogens is 240 g/mol. The van der Waals surface area contributed by atoms with Crippen LogP contribution in [-0.2, 0) is 9.59 Å². The van der Waals surface area contributed by atoms with Crippen LogP contribution in [0.25, 0.3) is 0 Å². The fourth-order valence-corrected chi connectivity index (χ4v) is 2.08. The lowest BCUT2D eigenvalue weighted by atomic mass is 10.2. The minimum Gasteiger partial charge on any atom is -0.372 e. The molecule has 1 aromatic rings. The highest BCUT2D eigenvalue weighted by Crippen LogP contribution is 2.24. The number of carbonyl (C=O) groups is 2. The first-order valence-corrected chi connectivity index (χ1v) is 5.86. The van der Waals surface area contributed by atoms with Gasteiger partial charge in [-0.1, -0.05) is 23.7 Å². The lowest BCUT2D eigenvalue weighted by Crippen LogP contribution is -2.34. The Morgan fingerprint density at radius 2 is 2.12 bits per heavy atom. The minimum atomic E-state index is -0.498. The summed E-state index contributed by atoms with van der Waals surface area (Å²) in [5, 5.41) is 3.55. The summed E-state index contributed by atoms with van der Waals surface area (Å²) in [6, 6.07) is 6.67. The summed E-state index contributed by atoms with van der Waals surface area (Å²) >= 11 is 5.98. The quantitative estimate of drug-likeness (QED) is 0.836. The van der Waals surface area contributed by atoms with Gasteiger partial charge in [0.25, 0.3) is 5.91 Å². The number of imide groups is 1. The van der Waals surface area contributed by atoms with Crippen LogP contribution >= 0.6 is 11.6 Å². The predicted molar refractivity (Wildman–Crippen MR) is 65.9 cm³/mol. The lowest BCUT2D eigenvalue weighted by Gasteiger charge is -2.14. The third-order valence-corrected chi connectivity index (χ3v) is 3.09. The molecule has 1 N–H and O–H groups in total. The average molecular weight is 253 g/mol.